The molecule has 0 saturated carbocycles. The van der Waals surface area contributed by atoms with Gasteiger partial charge in [0, 0.05) is 18.0 Å². The molecule has 1 unspecified atom stereocenters. The summed E-state index contributed by atoms with van der Waals surface area (Å²) >= 11 is 1.56. The maximum absolute atomic E-state index is 11.8. The Morgan fingerprint density at radius 2 is 2.28 bits per heavy atom. The summed E-state index contributed by atoms with van der Waals surface area (Å²) in [6.07, 6.45) is 4.11. The van der Waals surface area contributed by atoms with Gasteiger partial charge >= 0.3 is 0 Å². The van der Waals surface area contributed by atoms with E-state index in [1.807, 2.05) is 12.3 Å². The van der Waals surface area contributed by atoms with Gasteiger partial charge in [-0.2, -0.15) is 0 Å². The Labute approximate surface area is 113 Å². The summed E-state index contributed by atoms with van der Waals surface area (Å²) in [6.45, 7) is 6.93. The molecule has 4 nitrogen and oxygen atoms in total. The fourth-order valence-corrected chi connectivity index (χ4v) is 2.44. The van der Waals surface area contributed by atoms with Gasteiger partial charge in [0.25, 0.3) is 0 Å². The molecule has 0 saturated heterocycles. The van der Waals surface area contributed by atoms with Gasteiger partial charge in [0.05, 0.1) is 6.04 Å². The molecule has 1 aromatic rings. The molecule has 3 N–H and O–H groups in total. The van der Waals surface area contributed by atoms with Gasteiger partial charge in [0.2, 0.25) is 5.91 Å². The summed E-state index contributed by atoms with van der Waals surface area (Å²) in [7, 11) is 0. The normalized spacial score (nSPS) is 13.3. The first-order valence-electron chi connectivity index (χ1n) is 6.33. The first-order chi connectivity index (χ1) is 8.44. The van der Waals surface area contributed by atoms with Crippen molar-refractivity contribution >= 4 is 17.2 Å². The average Bonchev–Trinajstić information content (AvgIpc) is 2.80. The van der Waals surface area contributed by atoms with Crippen molar-refractivity contribution in [2.75, 3.05) is 6.54 Å². The Morgan fingerprint density at radius 1 is 1.56 bits per heavy atom. The van der Waals surface area contributed by atoms with Gasteiger partial charge in [-0.1, -0.05) is 13.8 Å². The van der Waals surface area contributed by atoms with Crippen molar-refractivity contribution in [3.05, 3.63) is 16.6 Å². The zero-order valence-electron chi connectivity index (χ0n) is 11.4. The highest BCUT2D eigenvalue weighted by molar-refractivity contribution is 7.09. The maximum atomic E-state index is 11.8. The van der Waals surface area contributed by atoms with Crippen LogP contribution in [0.2, 0.25) is 0 Å². The number of hydrogen-bond donors (Lipinski definition) is 2. The second-order valence-corrected chi connectivity index (χ2v) is 6.29. The van der Waals surface area contributed by atoms with Crippen LogP contribution in [0.15, 0.2) is 11.6 Å². The van der Waals surface area contributed by atoms with Crippen LogP contribution in [0, 0.1) is 5.41 Å². The summed E-state index contributed by atoms with van der Waals surface area (Å²) in [5, 5.41) is 5.84. The molecule has 0 aromatic carbocycles. The van der Waals surface area contributed by atoms with E-state index in [4.69, 9.17) is 5.73 Å². The number of amides is 1. The van der Waals surface area contributed by atoms with E-state index in [1.54, 1.807) is 17.5 Å². The minimum Gasteiger partial charge on any atom is -0.347 e. The molecule has 5 heteroatoms. The van der Waals surface area contributed by atoms with Gasteiger partial charge < -0.3 is 11.1 Å². The lowest BCUT2D eigenvalue weighted by Gasteiger charge is -2.23. The number of nitrogens with one attached hydrogen (secondary N) is 1. The van der Waals surface area contributed by atoms with Gasteiger partial charge in [-0.15, -0.1) is 11.3 Å². The van der Waals surface area contributed by atoms with Crippen molar-refractivity contribution in [3.8, 4) is 0 Å². The predicted molar refractivity (Wildman–Crippen MR) is 75.4 cm³/mol. The highest BCUT2D eigenvalue weighted by atomic mass is 32.1. The average molecular weight is 269 g/mol. The van der Waals surface area contributed by atoms with Gasteiger partial charge in [0.1, 0.15) is 5.01 Å². The van der Waals surface area contributed by atoms with Crippen LogP contribution >= 0.6 is 11.3 Å². The Morgan fingerprint density at radius 3 is 2.83 bits per heavy atom. The lowest BCUT2D eigenvalue weighted by molar-refractivity contribution is -0.122. The van der Waals surface area contributed by atoms with Crippen LogP contribution in [0.3, 0.4) is 0 Å². The number of rotatable bonds is 7. The topological polar surface area (TPSA) is 68.0 Å². The number of nitrogens with two attached hydrogens (primary N) is 1. The minimum absolute atomic E-state index is 0.00452. The second-order valence-electron chi connectivity index (χ2n) is 5.36. The van der Waals surface area contributed by atoms with Gasteiger partial charge in [-0.3, -0.25) is 4.79 Å². The van der Waals surface area contributed by atoms with Gasteiger partial charge in [0.15, 0.2) is 0 Å². The molecule has 1 rings (SSSR count). The van der Waals surface area contributed by atoms with Crippen LogP contribution in [-0.2, 0) is 4.79 Å². The highest BCUT2D eigenvalue weighted by Gasteiger charge is 2.19. The summed E-state index contributed by atoms with van der Waals surface area (Å²) in [5.74, 6) is 0.0859. The van der Waals surface area contributed by atoms with Crippen LogP contribution in [0.4, 0.5) is 0 Å². The highest BCUT2D eigenvalue weighted by Crippen LogP contribution is 2.26. The number of carbonyl (C=O) groups excluding carboxylic acids is 1. The first kappa shape index (κ1) is 15.1. The Kier molecular flexibility index (Phi) is 5.75. The smallest absolute Gasteiger partial charge is 0.220 e. The number of hydrogen-bond acceptors (Lipinski definition) is 4. The van der Waals surface area contributed by atoms with E-state index in [-0.39, 0.29) is 17.4 Å². The Hall–Kier alpha value is -0.940. The molecule has 1 aromatic heterocycles. The molecular formula is C13H23N3OS. The first-order valence-corrected chi connectivity index (χ1v) is 7.21. The molecule has 0 aliphatic carbocycles. The third-order valence-corrected chi connectivity index (χ3v) is 4.01. The second kappa shape index (κ2) is 6.85. The van der Waals surface area contributed by atoms with Crippen molar-refractivity contribution in [2.24, 2.45) is 11.1 Å². The standard InChI is InChI=1S/C13H23N3OS/c1-10(12-15-8-9-18-12)16-11(17)4-5-13(2,3)6-7-14/h8-10H,4-7,14H2,1-3H3,(H,16,17). The van der Waals surface area contributed by atoms with E-state index in [1.165, 1.54) is 0 Å². The quantitative estimate of drug-likeness (QED) is 0.799. The van der Waals surface area contributed by atoms with Crippen molar-refractivity contribution in [1.82, 2.24) is 10.3 Å². The molecule has 18 heavy (non-hydrogen) atoms. The molecule has 0 aliphatic heterocycles. The molecule has 1 atom stereocenters. The van der Waals surface area contributed by atoms with Gasteiger partial charge in [-0.25, -0.2) is 4.98 Å². The number of nitrogens with zero attached hydrogens (tertiary/aromatic N) is 1. The van der Waals surface area contributed by atoms with Crippen LogP contribution in [0.1, 0.15) is 51.1 Å². The fourth-order valence-electron chi connectivity index (χ4n) is 1.79. The fraction of sp³-hybridized carbons (Fsp3) is 0.692. The van der Waals surface area contributed by atoms with E-state index >= 15 is 0 Å². The molecule has 0 radical (unpaired) electrons. The zero-order chi connectivity index (χ0) is 13.6. The molecule has 0 aliphatic rings. The number of aromatic nitrogens is 1. The molecule has 102 valence electrons. The van der Waals surface area contributed by atoms with E-state index in [0.717, 1.165) is 17.8 Å². The monoisotopic (exact) mass is 269 g/mol. The van der Waals surface area contributed by atoms with Crippen LogP contribution in [0.25, 0.3) is 0 Å². The van der Waals surface area contributed by atoms with E-state index in [9.17, 15) is 4.79 Å². The van der Waals surface area contributed by atoms with Crippen LogP contribution in [-0.4, -0.2) is 17.4 Å². The lowest BCUT2D eigenvalue weighted by Crippen LogP contribution is -2.28. The Bertz CT molecular complexity index is 362. The molecule has 1 amide bonds. The lowest BCUT2D eigenvalue weighted by atomic mass is 9.84. The van der Waals surface area contributed by atoms with E-state index in [2.05, 4.69) is 24.1 Å². The van der Waals surface area contributed by atoms with Crippen molar-refractivity contribution in [1.29, 1.82) is 0 Å². The van der Waals surface area contributed by atoms with Gasteiger partial charge in [-0.05, 0) is 31.7 Å². The number of thiazole rings is 1. The van der Waals surface area contributed by atoms with Crippen molar-refractivity contribution in [2.45, 2.75) is 46.1 Å². The number of carbonyl (C=O) groups is 1. The van der Waals surface area contributed by atoms with E-state index < -0.39 is 0 Å². The predicted octanol–water partition coefficient (Wildman–Crippen LogP) is 2.48. The summed E-state index contributed by atoms with van der Waals surface area (Å²) in [6, 6.07) is -0.00452. The Balaban J connectivity index is 2.34. The molecule has 0 fully saturated rings. The summed E-state index contributed by atoms with van der Waals surface area (Å²) in [4.78, 5) is 16.0. The molecule has 0 spiro atoms. The van der Waals surface area contributed by atoms with Crippen LogP contribution < -0.4 is 11.1 Å². The third kappa shape index (κ3) is 5.14. The SMILES string of the molecule is CC(NC(=O)CCC(C)(C)CCN)c1nccs1. The van der Waals surface area contributed by atoms with Crippen molar-refractivity contribution in [3.63, 3.8) is 0 Å². The third-order valence-electron chi connectivity index (χ3n) is 3.05. The molecular weight excluding hydrogens is 246 g/mol. The largest absolute Gasteiger partial charge is 0.347 e. The van der Waals surface area contributed by atoms with Crippen LogP contribution in [0.5, 0.6) is 0 Å². The summed E-state index contributed by atoms with van der Waals surface area (Å²) < 4.78 is 0. The van der Waals surface area contributed by atoms with E-state index in [0.29, 0.717) is 13.0 Å². The zero-order valence-corrected chi connectivity index (χ0v) is 12.2. The molecule has 1 heterocycles. The summed E-state index contributed by atoms with van der Waals surface area (Å²) in [5.41, 5.74) is 5.69. The molecule has 0 bridgehead atoms. The van der Waals surface area contributed by atoms with Crippen molar-refractivity contribution < 1.29 is 4.79 Å². The minimum atomic E-state index is -0.00452. The maximum Gasteiger partial charge on any atom is 0.220 e.